The Morgan fingerprint density at radius 3 is 2.53 bits per heavy atom. The van der Waals surface area contributed by atoms with Gasteiger partial charge in [-0.25, -0.2) is 0 Å². The molecule has 0 aliphatic heterocycles. The molecule has 0 aromatic heterocycles. The van der Waals surface area contributed by atoms with Gasteiger partial charge >= 0.3 is 29.6 Å². The topological polar surface area (TPSA) is 40.1 Å². The number of carboxylic acid groups (broad SMARTS) is 1. The molecule has 0 amide bonds. The molecule has 0 N–H and O–H groups in total. The van der Waals surface area contributed by atoms with Gasteiger partial charge in [0, 0.05) is 0 Å². The fraction of sp³-hybridized carbons (Fsp3) is 0.0625. The summed E-state index contributed by atoms with van der Waals surface area (Å²) in [5.41, 5.74) is 1.72. The Balaban J connectivity index is 0.00000180. The second-order valence-corrected chi connectivity index (χ2v) is 4.11. The maximum absolute atomic E-state index is 10.4. The first-order valence-electron chi connectivity index (χ1n) is 5.72. The summed E-state index contributed by atoms with van der Waals surface area (Å²) in [5.74, 6) is -1.17. The van der Waals surface area contributed by atoms with Crippen molar-refractivity contribution in [3.8, 4) is 0 Å². The second-order valence-electron chi connectivity index (χ2n) is 4.11. The summed E-state index contributed by atoms with van der Waals surface area (Å²) in [7, 11) is 0. The van der Waals surface area contributed by atoms with Crippen molar-refractivity contribution in [3.05, 3.63) is 65.8 Å². The monoisotopic (exact) mass is 260 g/mol. The average molecular weight is 260 g/mol. The van der Waals surface area contributed by atoms with Gasteiger partial charge in [-0.1, -0.05) is 54.6 Å². The molecule has 0 heterocycles. The third kappa shape index (κ3) is 4.35. The minimum Gasteiger partial charge on any atom is -0.545 e. The maximum atomic E-state index is 10.4. The van der Waals surface area contributed by atoms with Crippen molar-refractivity contribution in [2.45, 2.75) is 6.92 Å². The summed E-state index contributed by atoms with van der Waals surface area (Å²) in [5, 5.41) is 12.7. The van der Waals surface area contributed by atoms with Crippen LogP contribution in [0, 0.1) is 0 Å². The van der Waals surface area contributed by atoms with Crippen molar-refractivity contribution < 1.29 is 39.5 Å². The van der Waals surface area contributed by atoms with E-state index in [1.165, 1.54) is 5.39 Å². The Labute approximate surface area is 134 Å². The van der Waals surface area contributed by atoms with Crippen LogP contribution < -0.4 is 34.7 Å². The molecule has 2 aromatic carbocycles. The van der Waals surface area contributed by atoms with Crippen LogP contribution in [0.15, 0.2) is 60.2 Å². The largest absolute Gasteiger partial charge is 1.00 e. The standard InChI is InChI=1S/C16H14O2.Na/c1-12(11-16(17)18)9-10-14-7-4-6-13-5-2-3-8-15(13)14;/h2-11H,1H3,(H,17,18);/q;+1/p-1/b10-9+,12-11-;. The van der Waals surface area contributed by atoms with Crippen molar-refractivity contribution >= 4 is 22.8 Å². The molecule has 0 saturated carbocycles. The van der Waals surface area contributed by atoms with E-state index in [2.05, 4.69) is 12.1 Å². The van der Waals surface area contributed by atoms with Gasteiger partial charge in [0.05, 0.1) is 5.97 Å². The molecule has 2 aromatic rings. The minimum absolute atomic E-state index is 0. The van der Waals surface area contributed by atoms with Gasteiger partial charge in [0.25, 0.3) is 0 Å². The van der Waals surface area contributed by atoms with Crippen LogP contribution in [0.5, 0.6) is 0 Å². The van der Waals surface area contributed by atoms with Gasteiger partial charge in [-0.3, -0.25) is 0 Å². The number of carboxylic acids is 1. The molecule has 3 heteroatoms. The smallest absolute Gasteiger partial charge is 0.545 e. The first-order valence-corrected chi connectivity index (χ1v) is 5.72. The van der Waals surface area contributed by atoms with Crippen LogP contribution in [-0.4, -0.2) is 5.97 Å². The van der Waals surface area contributed by atoms with Gasteiger partial charge in [0.1, 0.15) is 0 Å². The summed E-state index contributed by atoms with van der Waals surface area (Å²) in [4.78, 5) is 10.4. The van der Waals surface area contributed by atoms with Gasteiger partial charge in [0.15, 0.2) is 0 Å². The summed E-state index contributed by atoms with van der Waals surface area (Å²) in [6.07, 6.45) is 4.77. The number of carbonyl (C=O) groups excluding carboxylic acids is 1. The SMILES string of the molecule is CC(=C/C(=O)[O-])/C=C/c1cccc2ccccc12.[Na+]. The first kappa shape index (κ1) is 15.7. The van der Waals surface area contributed by atoms with Gasteiger partial charge in [-0.2, -0.15) is 0 Å². The van der Waals surface area contributed by atoms with E-state index in [9.17, 15) is 9.90 Å². The fourth-order valence-corrected chi connectivity index (χ4v) is 1.85. The summed E-state index contributed by atoms with van der Waals surface area (Å²) < 4.78 is 0. The van der Waals surface area contributed by atoms with Crippen LogP contribution in [0.1, 0.15) is 12.5 Å². The molecule has 0 bridgehead atoms. The molecule has 19 heavy (non-hydrogen) atoms. The van der Waals surface area contributed by atoms with Crippen molar-refractivity contribution in [1.29, 1.82) is 0 Å². The molecule has 2 nitrogen and oxygen atoms in total. The van der Waals surface area contributed by atoms with E-state index in [4.69, 9.17) is 0 Å². The van der Waals surface area contributed by atoms with E-state index >= 15 is 0 Å². The van der Waals surface area contributed by atoms with Crippen molar-refractivity contribution in [2.75, 3.05) is 0 Å². The molecule has 0 aliphatic carbocycles. The van der Waals surface area contributed by atoms with Crippen LogP contribution in [0.4, 0.5) is 0 Å². The number of fused-ring (bicyclic) bond motifs is 1. The first-order chi connectivity index (χ1) is 8.66. The maximum Gasteiger partial charge on any atom is 1.00 e. The van der Waals surface area contributed by atoms with Gasteiger partial charge < -0.3 is 9.90 Å². The van der Waals surface area contributed by atoms with Crippen molar-refractivity contribution in [2.24, 2.45) is 0 Å². The number of benzene rings is 2. The molecule has 0 radical (unpaired) electrons. The normalized spacial score (nSPS) is 11.5. The third-order valence-corrected chi connectivity index (χ3v) is 2.69. The number of hydrogen-bond acceptors (Lipinski definition) is 2. The van der Waals surface area contributed by atoms with Crippen LogP contribution >= 0.6 is 0 Å². The Hall–Kier alpha value is -1.35. The van der Waals surface area contributed by atoms with Crippen LogP contribution in [0.3, 0.4) is 0 Å². The number of carbonyl (C=O) groups is 1. The molecule has 0 spiro atoms. The Morgan fingerprint density at radius 1 is 1.11 bits per heavy atom. The van der Waals surface area contributed by atoms with E-state index in [0.29, 0.717) is 5.57 Å². The van der Waals surface area contributed by atoms with E-state index < -0.39 is 5.97 Å². The van der Waals surface area contributed by atoms with E-state index in [1.807, 2.05) is 36.4 Å². The fourth-order valence-electron chi connectivity index (χ4n) is 1.85. The molecule has 90 valence electrons. The number of aliphatic carboxylic acids is 1. The van der Waals surface area contributed by atoms with Crippen molar-refractivity contribution in [3.63, 3.8) is 0 Å². The molecule has 0 saturated heterocycles. The van der Waals surface area contributed by atoms with Crippen LogP contribution in [0.2, 0.25) is 0 Å². The van der Waals surface area contributed by atoms with Gasteiger partial charge in [-0.05, 0) is 34.9 Å². The van der Waals surface area contributed by atoms with Crippen LogP contribution in [0.25, 0.3) is 16.8 Å². The molecule has 0 unspecified atom stereocenters. The van der Waals surface area contributed by atoms with Gasteiger partial charge in [-0.15, -0.1) is 0 Å². The third-order valence-electron chi connectivity index (χ3n) is 2.69. The van der Waals surface area contributed by atoms with Crippen molar-refractivity contribution in [1.82, 2.24) is 0 Å². The summed E-state index contributed by atoms with van der Waals surface area (Å²) in [6.45, 7) is 1.73. The van der Waals surface area contributed by atoms with Crippen LogP contribution in [-0.2, 0) is 4.79 Å². The Morgan fingerprint density at radius 2 is 1.79 bits per heavy atom. The zero-order valence-corrected chi connectivity index (χ0v) is 13.1. The van der Waals surface area contributed by atoms with E-state index in [1.54, 1.807) is 13.0 Å². The predicted molar refractivity (Wildman–Crippen MR) is 71.7 cm³/mol. The molecular formula is C16H13NaO2. The molecular weight excluding hydrogens is 247 g/mol. The zero-order chi connectivity index (χ0) is 13.0. The molecule has 0 atom stereocenters. The number of allylic oxidation sites excluding steroid dienone is 2. The molecule has 2 rings (SSSR count). The van der Waals surface area contributed by atoms with E-state index in [0.717, 1.165) is 17.0 Å². The summed E-state index contributed by atoms with van der Waals surface area (Å²) in [6, 6.07) is 14.1. The Kier molecular flexibility index (Phi) is 6.03. The molecule has 0 aliphatic rings. The number of rotatable bonds is 3. The number of hydrogen-bond donors (Lipinski definition) is 0. The Bertz CT molecular complexity index is 637. The van der Waals surface area contributed by atoms with Gasteiger partial charge in [0.2, 0.25) is 0 Å². The quantitative estimate of drug-likeness (QED) is 0.426. The van der Waals surface area contributed by atoms with E-state index in [-0.39, 0.29) is 29.6 Å². The molecule has 0 fully saturated rings. The average Bonchev–Trinajstić information content (AvgIpc) is 2.35. The zero-order valence-electron chi connectivity index (χ0n) is 11.1. The summed E-state index contributed by atoms with van der Waals surface area (Å²) >= 11 is 0. The minimum atomic E-state index is -1.17. The second kappa shape index (κ2) is 7.29. The predicted octanol–water partition coefficient (Wildman–Crippen LogP) is -0.447.